The number of carbonyl (C=O) groups is 3. The van der Waals surface area contributed by atoms with Crippen LogP contribution in [0.4, 0.5) is 0 Å². The fraction of sp³-hybridized carbons (Fsp3) is 0.125. The Bertz CT molecular complexity index is 1420. The van der Waals surface area contributed by atoms with E-state index in [0.717, 1.165) is 19.8 Å². The molecule has 0 fully saturated rings. The predicted octanol–water partition coefficient (Wildman–Crippen LogP) is 2.45. The van der Waals surface area contributed by atoms with E-state index in [1.54, 1.807) is 54.6 Å². The molecule has 0 spiro atoms. The largest absolute Gasteiger partial charge is 0.464 e. The highest BCUT2D eigenvalue weighted by atomic mass is 16.5. The van der Waals surface area contributed by atoms with Crippen molar-refractivity contribution in [2.24, 2.45) is 0 Å². The molecule has 0 saturated heterocycles. The fourth-order valence-corrected chi connectivity index (χ4v) is 3.63. The lowest BCUT2D eigenvalue weighted by Crippen LogP contribution is -2.24. The summed E-state index contributed by atoms with van der Waals surface area (Å²) < 4.78 is 10.7. The molecule has 166 valence electrons. The van der Waals surface area contributed by atoms with Crippen molar-refractivity contribution in [1.29, 1.82) is 0 Å². The first-order valence-corrected chi connectivity index (χ1v) is 9.94. The summed E-state index contributed by atoms with van der Waals surface area (Å²) in [7, 11) is 2.19. The Balaban J connectivity index is 2.11. The van der Waals surface area contributed by atoms with Crippen LogP contribution >= 0.6 is 0 Å². The Morgan fingerprint density at radius 2 is 1.58 bits per heavy atom. The molecule has 0 radical (unpaired) electrons. The number of esters is 2. The van der Waals surface area contributed by atoms with E-state index in [1.165, 1.54) is 4.68 Å². The Morgan fingerprint density at radius 3 is 2.18 bits per heavy atom. The van der Waals surface area contributed by atoms with Gasteiger partial charge in [-0.05, 0) is 29.7 Å². The number of aromatic amines is 1. The minimum absolute atomic E-state index is 0.0802. The topological polar surface area (TPSA) is 120 Å². The Labute approximate surface area is 187 Å². The first kappa shape index (κ1) is 21.7. The zero-order chi connectivity index (χ0) is 23.5. The van der Waals surface area contributed by atoms with Gasteiger partial charge in [0, 0.05) is 0 Å². The van der Waals surface area contributed by atoms with Crippen molar-refractivity contribution in [3.63, 3.8) is 0 Å². The molecule has 9 heteroatoms. The number of aromatic nitrogens is 3. The predicted molar refractivity (Wildman–Crippen MR) is 119 cm³/mol. The van der Waals surface area contributed by atoms with Gasteiger partial charge in [0.25, 0.3) is 11.3 Å². The van der Waals surface area contributed by atoms with Gasteiger partial charge in [0.2, 0.25) is 0 Å². The first-order valence-electron chi connectivity index (χ1n) is 9.94. The van der Waals surface area contributed by atoms with Gasteiger partial charge >= 0.3 is 11.9 Å². The zero-order valence-corrected chi connectivity index (χ0v) is 17.8. The molecule has 0 aliphatic carbocycles. The molecule has 4 aromatic rings. The van der Waals surface area contributed by atoms with E-state index in [2.05, 4.69) is 14.8 Å². The van der Waals surface area contributed by atoms with Crippen LogP contribution in [-0.4, -0.2) is 46.7 Å². The van der Waals surface area contributed by atoms with E-state index in [4.69, 9.17) is 4.74 Å². The van der Waals surface area contributed by atoms with Gasteiger partial charge in [-0.1, -0.05) is 48.5 Å². The van der Waals surface area contributed by atoms with E-state index in [0.29, 0.717) is 5.69 Å². The van der Waals surface area contributed by atoms with Crippen LogP contribution in [0.2, 0.25) is 0 Å². The SMILES string of the molecule is COC(=O)C(=O)c1c(C(=O)OC)nc2[nH]n(-c3ccccc3)c(=O)c2c1Cc1ccccc1. The number of rotatable bonds is 6. The molecule has 0 saturated carbocycles. The molecule has 2 aromatic heterocycles. The molecular formula is C24H19N3O6. The van der Waals surface area contributed by atoms with Crippen LogP contribution in [0.1, 0.15) is 32.0 Å². The third-order valence-electron chi connectivity index (χ3n) is 5.15. The number of ketones is 1. The average molecular weight is 445 g/mol. The molecule has 1 N–H and O–H groups in total. The van der Waals surface area contributed by atoms with Crippen LogP contribution in [0.5, 0.6) is 0 Å². The number of hydrogen-bond donors (Lipinski definition) is 1. The smallest absolute Gasteiger partial charge is 0.379 e. The van der Waals surface area contributed by atoms with Crippen LogP contribution < -0.4 is 5.56 Å². The van der Waals surface area contributed by atoms with Crippen molar-refractivity contribution in [3.8, 4) is 5.69 Å². The number of nitrogens with one attached hydrogen (secondary N) is 1. The minimum Gasteiger partial charge on any atom is -0.464 e. The fourth-order valence-electron chi connectivity index (χ4n) is 3.63. The number of Topliss-reactive ketones (excluding diaryl/α,β-unsaturated/α-hetero) is 1. The van der Waals surface area contributed by atoms with Gasteiger partial charge in [0.1, 0.15) is 0 Å². The molecule has 2 heterocycles. The minimum atomic E-state index is -1.19. The molecule has 4 rings (SSSR count). The third kappa shape index (κ3) is 3.91. The molecule has 2 aromatic carbocycles. The molecule has 0 amide bonds. The summed E-state index contributed by atoms with van der Waals surface area (Å²) in [5, 5.41) is 2.98. The van der Waals surface area contributed by atoms with Crippen LogP contribution in [0.25, 0.3) is 16.7 Å². The van der Waals surface area contributed by atoms with E-state index >= 15 is 0 Å². The number of fused-ring (bicyclic) bond motifs is 1. The number of ether oxygens (including phenoxy) is 2. The number of nitrogens with zero attached hydrogens (tertiary/aromatic N) is 2. The third-order valence-corrected chi connectivity index (χ3v) is 5.15. The number of para-hydroxylation sites is 1. The second-order valence-corrected chi connectivity index (χ2v) is 7.10. The molecule has 9 nitrogen and oxygen atoms in total. The van der Waals surface area contributed by atoms with Gasteiger partial charge < -0.3 is 9.47 Å². The molecule has 0 bridgehead atoms. The average Bonchev–Trinajstić information content (AvgIpc) is 3.19. The lowest BCUT2D eigenvalue weighted by Gasteiger charge is -2.12. The summed E-state index contributed by atoms with van der Waals surface area (Å²) >= 11 is 0. The van der Waals surface area contributed by atoms with E-state index in [1.807, 2.05) is 6.07 Å². The quantitative estimate of drug-likeness (QED) is 0.275. The Hall–Kier alpha value is -4.53. The lowest BCUT2D eigenvalue weighted by molar-refractivity contribution is -0.135. The summed E-state index contributed by atoms with van der Waals surface area (Å²) in [6, 6.07) is 17.8. The summed E-state index contributed by atoms with van der Waals surface area (Å²) in [6.07, 6.45) is 0.0871. The van der Waals surface area contributed by atoms with Gasteiger partial charge in [0.15, 0.2) is 11.3 Å². The maximum absolute atomic E-state index is 13.5. The van der Waals surface area contributed by atoms with Crippen molar-refractivity contribution >= 4 is 28.8 Å². The normalized spacial score (nSPS) is 10.7. The van der Waals surface area contributed by atoms with E-state index < -0.39 is 23.3 Å². The summed E-state index contributed by atoms with van der Waals surface area (Å²) in [5.41, 5.74) is 0.367. The first-order chi connectivity index (χ1) is 16.0. The number of benzene rings is 2. The van der Waals surface area contributed by atoms with E-state index in [9.17, 15) is 19.2 Å². The number of hydrogen-bond acceptors (Lipinski definition) is 7. The summed E-state index contributed by atoms with van der Waals surface area (Å²) in [6.45, 7) is 0. The van der Waals surface area contributed by atoms with Crippen molar-refractivity contribution in [2.45, 2.75) is 6.42 Å². The van der Waals surface area contributed by atoms with Gasteiger partial charge in [-0.25, -0.2) is 19.3 Å². The highest BCUT2D eigenvalue weighted by molar-refractivity contribution is 6.42. The van der Waals surface area contributed by atoms with Crippen LogP contribution in [-0.2, 0) is 20.7 Å². The number of pyridine rings is 1. The van der Waals surface area contributed by atoms with Crippen LogP contribution in [0.3, 0.4) is 0 Å². The van der Waals surface area contributed by atoms with Gasteiger partial charge in [-0.2, -0.15) is 0 Å². The van der Waals surface area contributed by atoms with Crippen molar-refractivity contribution in [2.75, 3.05) is 14.2 Å². The molecule has 33 heavy (non-hydrogen) atoms. The lowest BCUT2D eigenvalue weighted by atomic mass is 9.93. The second kappa shape index (κ2) is 8.91. The van der Waals surface area contributed by atoms with Crippen LogP contribution in [0, 0.1) is 0 Å². The summed E-state index contributed by atoms with van der Waals surface area (Å²) in [5.74, 6) is -3.20. The highest BCUT2D eigenvalue weighted by Gasteiger charge is 2.32. The monoisotopic (exact) mass is 445 g/mol. The number of carbonyl (C=O) groups excluding carboxylic acids is 3. The van der Waals surface area contributed by atoms with Gasteiger partial charge in [0.05, 0.1) is 30.9 Å². The zero-order valence-electron chi connectivity index (χ0n) is 17.8. The maximum atomic E-state index is 13.5. The van der Waals surface area contributed by atoms with Gasteiger partial charge in [-0.3, -0.25) is 14.7 Å². The van der Waals surface area contributed by atoms with Crippen LogP contribution in [0.15, 0.2) is 65.5 Å². The van der Waals surface area contributed by atoms with E-state index in [-0.39, 0.29) is 34.3 Å². The highest BCUT2D eigenvalue weighted by Crippen LogP contribution is 2.26. The molecular weight excluding hydrogens is 426 g/mol. The Morgan fingerprint density at radius 1 is 0.939 bits per heavy atom. The number of H-pyrrole nitrogens is 1. The maximum Gasteiger partial charge on any atom is 0.379 e. The standard InChI is InChI=1S/C24H19N3O6/c1-32-23(30)19-17(20(28)24(31)33-2)16(13-14-9-5-3-6-10-14)18-21(25-19)26-27(22(18)29)15-11-7-4-8-12-15/h3-12H,13H2,1-2H3,(H,25,26). The summed E-state index contributed by atoms with van der Waals surface area (Å²) in [4.78, 5) is 55.4. The molecule has 0 unspecified atom stereocenters. The van der Waals surface area contributed by atoms with Crippen molar-refractivity contribution in [1.82, 2.24) is 14.8 Å². The van der Waals surface area contributed by atoms with Crippen molar-refractivity contribution in [3.05, 3.63) is 93.4 Å². The van der Waals surface area contributed by atoms with Gasteiger partial charge in [-0.15, -0.1) is 0 Å². The Kier molecular flexibility index (Phi) is 5.86. The molecule has 0 atom stereocenters. The number of methoxy groups -OCH3 is 2. The molecule has 0 aliphatic heterocycles. The second-order valence-electron chi connectivity index (χ2n) is 7.10. The van der Waals surface area contributed by atoms with Crippen molar-refractivity contribution < 1.29 is 23.9 Å². The molecule has 0 aliphatic rings.